The van der Waals surface area contributed by atoms with Crippen molar-refractivity contribution in [3.8, 4) is 0 Å². The van der Waals surface area contributed by atoms with Crippen molar-refractivity contribution < 1.29 is 0 Å². The average molecular weight is 265 g/mol. The van der Waals surface area contributed by atoms with Gasteiger partial charge < -0.3 is 5.32 Å². The van der Waals surface area contributed by atoms with Gasteiger partial charge in [0, 0.05) is 31.4 Å². The van der Waals surface area contributed by atoms with E-state index < -0.39 is 0 Å². The van der Waals surface area contributed by atoms with E-state index in [1.807, 2.05) is 39.1 Å². The third kappa shape index (κ3) is 2.89. The molecule has 4 nitrogen and oxygen atoms in total. The van der Waals surface area contributed by atoms with Crippen molar-refractivity contribution in [3.63, 3.8) is 0 Å². The second-order valence-electron chi connectivity index (χ2n) is 4.35. The molecule has 0 unspecified atom stereocenters. The maximum Gasteiger partial charge on any atom is 0.131 e. The predicted molar refractivity (Wildman–Crippen MR) is 72.5 cm³/mol. The van der Waals surface area contributed by atoms with E-state index in [2.05, 4.69) is 15.4 Å². The summed E-state index contributed by atoms with van der Waals surface area (Å²) in [5, 5.41) is 8.31. The van der Waals surface area contributed by atoms with Crippen LogP contribution in [0.4, 0.5) is 0 Å². The van der Waals surface area contributed by atoms with Crippen LogP contribution < -0.4 is 5.32 Å². The second kappa shape index (κ2) is 5.50. The lowest BCUT2D eigenvalue weighted by molar-refractivity contribution is 0.675. The van der Waals surface area contributed by atoms with Gasteiger partial charge in [0.15, 0.2) is 0 Å². The fourth-order valence-electron chi connectivity index (χ4n) is 1.89. The highest BCUT2D eigenvalue weighted by Gasteiger charge is 2.10. The molecule has 2 rings (SSSR count). The molecule has 0 spiro atoms. The molecule has 18 heavy (non-hydrogen) atoms. The second-order valence-corrected chi connectivity index (χ2v) is 4.71. The predicted octanol–water partition coefficient (Wildman–Crippen LogP) is 2.38. The number of hydrogen-bond acceptors (Lipinski definition) is 3. The standard InChI is InChI=1S/C13H17ClN4/c1-9-5-4-6-11(16-9)7-15-8-12-10(2)17-18(3)13(12)14/h4-6,15H,7-8H2,1-3H3. The molecule has 0 amide bonds. The van der Waals surface area contributed by atoms with Crippen LogP contribution >= 0.6 is 11.6 Å². The van der Waals surface area contributed by atoms with Gasteiger partial charge in [0.2, 0.25) is 0 Å². The van der Waals surface area contributed by atoms with Crippen LogP contribution in [0, 0.1) is 13.8 Å². The maximum atomic E-state index is 6.17. The highest BCUT2D eigenvalue weighted by molar-refractivity contribution is 6.30. The van der Waals surface area contributed by atoms with Crippen LogP contribution in [0.15, 0.2) is 18.2 Å². The Kier molecular flexibility index (Phi) is 3.99. The Morgan fingerprint density at radius 1 is 1.28 bits per heavy atom. The first-order valence-electron chi connectivity index (χ1n) is 5.89. The van der Waals surface area contributed by atoms with Gasteiger partial charge >= 0.3 is 0 Å². The lowest BCUT2D eigenvalue weighted by Crippen LogP contribution is -2.14. The van der Waals surface area contributed by atoms with Gasteiger partial charge in [0.05, 0.1) is 11.4 Å². The monoisotopic (exact) mass is 264 g/mol. The van der Waals surface area contributed by atoms with Crippen molar-refractivity contribution in [2.75, 3.05) is 0 Å². The third-order valence-electron chi connectivity index (χ3n) is 2.82. The topological polar surface area (TPSA) is 42.7 Å². The van der Waals surface area contributed by atoms with Crippen molar-refractivity contribution >= 4 is 11.6 Å². The van der Waals surface area contributed by atoms with Crippen LogP contribution in [0.5, 0.6) is 0 Å². The Bertz CT molecular complexity index is 548. The summed E-state index contributed by atoms with van der Waals surface area (Å²) in [6.45, 7) is 5.39. The van der Waals surface area contributed by atoms with Gasteiger partial charge in [-0.1, -0.05) is 17.7 Å². The Balaban J connectivity index is 1.96. The van der Waals surface area contributed by atoms with Crippen molar-refractivity contribution in [1.82, 2.24) is 20.1 Å². The minimum absolute atomic E-state index is 0.692. The highest BCUT2D eigenvalue weighted by Crippen LogP contribution is 2.18. The molecular weight excluding hydrogens is 248 g/mol. The van der Waals surface area contributed by atoms with E-state index in [0.29, 0.717) is 11.7 Å². The summed E-state index contributed by atoms with van der Waals surface area (Å²) in [4.78, 5) is 4.44. The molecule has 2 heterocycles. The molecule has 1 N–H and O–H groups in total. The molecule has 0 aromatic carbocycles. The largest absolute Gasteiger partial charge is 0.307 e. The minimum atomic E-state index is 0.692. The molecule has 0 atom stereocenters. The number of nitrogens with one attached hydrogen (secondary N) is 1. The molecule has 0 radical (unpaired) electrons. The molecule has 0 aliphatic heterocycles. The summed E-state index contributed by atoms with van der Waals surface area (Å²) in [7, 11) is 1.85. The SMILES string of the molecule is Cc1cccc(CNCc2c(C)nn(C)c2Cl)n1. The smallest absolute Gasteiger partial charge is 0.131 e. The van der Waals surface area contributed by atoms with Crippen LogP contribution in [0.3, 0.4) is 0 Å². The minimum Gasteiger partial charge on any atom is -0.307 e. The van der Waals surface area contributed by atoms with Gasteiger partial charge in [-0.05, 0) is 26.0 Å². The first-order chi connectivity index (χ1) is 8.58. The van der Waals surface area contributed by atoms with Gasteiger partial charge in [-0.3, -0.25) is 9.67 Å². The Labute approximate surface area is 112 Å². The average Bonchev–Trinajstić information content (AvgIpc) is 2.56. The molecular formula is C13H17ClN4. The number of aromatic nitrogens is 3. The maximum absolute atomic E-state index is 6.17. The van der Waals surface area contributed by atoms with E-state index in [9.17, 15) is 0 Å². The van der Waals surface area contributed by atoms with Gasteiger partial charge in [-0.2, -0.15) is 5.10 Å². The Morgan fingerprint density at radius 2 is 2.06 bits per heavy atom. The number of aryl methyl sites for hydroxylation is 3. The molecule has 0 aliphatic rings. The van der Waals surface area contributed by atoms with E-state index in [1.54, 1.807) is 4.68 Å². The molecule has 0 bridgehead atoms. The zero-order chi connectivity index (χ0) is 13.1. The summed E-state index contributed by atoms with van der Waals surface area (Å²) in [6, 6.07) is 6.02. The molecule has 0 saturated carbocycles. The first-order valence-corrected chi connectivity index (χ1v) is 6.27. The summed E-state index contributed by atoms with van der Waals surface area (Å²) in [6.07, 6.45) is 0. The zero-order valence-corrected chi connectivity index (χ0v) is 11.6. The number of rotatable bonds is 4. The lowest BCUT2D eigenvalue weighted by atomic mass is 10.2. The van der Waals surface area contributed by atoms with E-state index >= 15 is 0 Å². The van der Waals surface area contributed by atoms with Crippen molar-refractivity contribution in [3.05, 3.63) is 46.0 Å². The van der Waals surface area contributed by atoms with Gasteiger partial charge in [-0.25, -0.2) is 0 Å². The van der Waals surface area contributed by atoms with Gasteiger partial charge in [0.25, 0.3) is 0 Å². The van der Waals surface area contributed by atoms with Crippen molar-refractivity contribution in [1.29, 1.82) is 0 Å². The molecule has 2 aromatic rings. The molecule has 2 aromatic heterocycles. The van der Waals surface area contributed by atoms with Crippen LogP contribution in [-0.4, -0.2) is 14.8 Å². The molecule has 0 aliphatic carbocycles. The van der Waals surface area contributed by atoms with Crippen LogP contribution in [0.25, 0.3) is 0 Å². The van der Waals surface area contributed by atoms with Gasteiger partial charge in [0.1, 0.15) is 5.15 Å². The van der Waals surface area contributed by atoms with Crippen LogP contribution in [0.1, 0.15) is 22.6 Å². The number of pyridine rings is 1. The molecule has 96 valence electrons. The lowest BCUT2D eigenvalue weighted by Gasteiger charge is -2.05. The molecule has 0 fully saturated rings. The fraction of sp³-hybridized carbons (Fsp3) is 0.385. The summed E-state index contributed by atoms with van der Waals surface area (Å²) in [5.74, 6) is 0. The number of nitrogens with zero attached hydrogens (tertiary/aromatic N) is 3. The molecule has 0 saturated heterocycles. The number of hydrogen-bond donors (Lipinski definition) is 1. The Hall–Kier alpha value is -1.39. The van der Waals surface area contributed by atoms with Gasteiger partial charge in [-0.15, -0.1) is 0 Å². The van der Waals surface area contributed by atoms with E-state index in [-0.39, 0.29) is 0 Å². The number of halogens is 1. The van der Waals surface area contributed by atoms with Crippen molar-refractivity contribution in [2.24, 2.45) is 7.05 Å². The third-order valence-corrected chi connectivity index (χ3v) is 3.30. The summed E-state index contributed by atoms with van der Waals surface area (Å²) in [5.41, 5.74) is 4.08. The fourth-order valence-corrected chi connectivity index (χ4v) is 2.13. The highest BCUT2D eigenvalue weighted by atomic mass is 35.5. The van der Waals surface area contributed by atoms with Crippen LogP contribution in [0.2, 0.25) is 5.15 Å². The normalized spacial score (nSPS) is 10.9. The first kappa shape index (κ1) is 13.1. The van der Waals surface area contributed by atoms with Crippen molar-refractivity contribution in [2.45, 2.75) is 26.9 Å². The van der Waals surface area contributed by atoms with E-state index in [0.717, 1.165) is 29.2 Å². The zero-order valence-electron chi connectivity index (χ0n) is 10.9. The quantitative estimate of drug-likeness (QED) is 0.922. The van der Waals surface area contributed by atoms with Crippen LogP contribution in [-0.2, 0) is 20.1 Å². The summed E-state index contributed by atoms with van der Waals surface area (Å²) >= 11 is 6.17. The summed E-state index contributed by atoms with van der Waals surface area (Å²) < 4.78 is 1.69. The Morgan fingerprint density at radius 3 is 2.67 bits per heavy atom. The van der Waals surface area contributed by atoms with E-state index in [1.165, 1.54) is 0 Å². The molecule has 5 heteroatoms. The van der Waals surface area contributed by atoms with E-state index in [4.69, 9.17) is 11.6 Å².